The molecule has 1 atom stereocenters. The average Bonchev–Trinajstić information content (AvgIpc) is 2.15. The first kappa shape index (κ1) is 9.60. The highest BCUT2D eigenvalue weighted by Gasteiger charge is 2.05. The third kappa shape index (κ3) is 3.16. The predicted molar refractivity (Wildman–Crippen MR) is 46.0 cm³/mol. The number of aromatic nitrogens is 2. The summed E-state index contributed by atoms with van der Waals surface area (Å²) >= 11 is 0. The quantitative estimate of drug-likeness (QED) is 0.664. The van der Waals surface area contributed by atoms with Crippen LogP contribution in [0.25, 0.3) is 0 Å². The molecule has 0 aromatic carbocycles. The molecule has 2 N–H and O–H groups in total. The minimum atomic E-state index is -0.548. The van der Waals surface area contributed by atoms with Gasteiger partial charge < -0.3 is 10.4 Å². The second kappa shape index (κ2) is 4.51. The lowest BCUT2D eigenvalue weighted by molar-refractivity contribution is 0.0923. The summed E-state index contributed by atoms with van der Waals surface area (Å²) in [4.78, 5) is 18.6. The molecule has 1 heterocycles. The van der Waals surface area contributed by atoms with Crippen LogP contribution in [-0.4, -0.2) is 33.6 Å². The Kier molecular flexibility index (Phi) is 3.33. The Balaban J connectivity index is 2.50. The van der Waals surface area contributed by atoms with Crippen LogP contribution in [0.4, 0.5) is 0 Å². The molecule has 1 aromatic heterocycles. The molecule has 0 spiro atoms. The third-order valence-electron chi connectivity index (χ3n) is 1.38. The van der Waals surface area contributed by atoms with Gasteiger partial charge in [-0.1, -0.05) is 0 Å². The first-order valence-electron chi connectivity index (χ1n) is 3.91. The topological polar surface area (TPSA) is 75.1 Å². The van der Waals surface area contributed by atoms with Gasteiger partial charge in [-0.2, -0.15) is 0 Å². The standard InChI is InChI=1S/C8H11N3O2/c1-6(12)2-11-8(13)7-3-9-5-10-4-7/h3-6,12H,2H2,1H3,(H,11,13)/t6-/m0/s1. The lowest BCUT2D eigenvalue weighted by atomic mass is 10.3. The molecule has 0 saturated carbocycles. The van der Waals surface area contributed by atoms with Gasteiger partial charge in [-0.05, 0) is 6.92 Å². The van der Waals surface area contributed by atoms with E-state index < -0.39 is 6.10 Å². The summed E-state index contributed by atoms with van der Waals surface area (Å²) in [5.74, 6) is -0.276. The number of hydrogen-bond acceptors (Lipinski definition) is 4. The minimum Gasteiger partial charge on any atom is -0.392 e. The molecule has 0 aliphatic heterocycles. The van der Waals surface area contributed by atoms with Crippen LogP contribution in [-0.2, 0) is 0 Å². The number of carbonyl (C=O) groups excluding carboxylic acids is 1. The Morgan fingerprint density at radius 2 is 2.23 bits per heavy atom. The van der Waals surface area contributed by atoms with E-state index in [1.54, 1.807) is 6.92 Å². The molecule has 1 rings (SSSR count). The van der Waals surface area contributed by atoms with Crippen molar-refractivity contribution in [3.05, 3.63) is 24.3 Å². The summed E-state index contributed by atoms with van der Waals surface area (Å²) in [5, 5.41) is 11.4. The fourth-order valence-corrected chi connectivity index (χ4v) is 0.759. The zero-order valence-electron chi connectivity index (χ0n) is 7.27. The Hall–Kier alpha value is -1.49. The van der Waals surface area contributed by atoms with Gasteiger partial charge in [-0.3, -0.25) is 4.79 Å². The molecule has 5 heteroatoms. The normalized spacial score (nSPS) is 12.2. The van der Waals surface area contributed by atoms with E-state index in [4.69, 9.17) is 5.11 Å². The van der Waals surface area contributed by atoms with E-state index in [-0.39, 0.29) is 12.5 Å². The summed E-state index contributed by atoms with van der Waals surface area (Å²) in [5.41, 5.74) is 0.392. The predicted octanol–water partition coefficient (Wildman–Crippen LogP) is -0.413. The van der Waals surface area contributed by atoms with Crippen LogP contribution in [0.5, 0.6) is 0 Å². The fraction of sp³-hybridized carbons (Fsp3) is 0.375. The number of carbonyl (C=O) groups is 1. The van der Waals surface area contributed by atoms with Gasteiger partial charge in [0.05, 0.1) is 11.7 Å². The molecule has 0 unspecified atom stereocenters. The molecule has 0 radical (unpaired) electrons. The van der Waals surface area contributed by atoms with Gasteiger partial charge in [0, 0.05) is 18.9 Å². The zero-order chi connectivity index (χ0) is 9.68. The Morgan fingerprint density at radius 1 is 1.62 bits per heavy atom. The van der Waals surface area contributed by atoms with Crippen LogP contribution >= 0.6 is 0 Å². The monoisotopic (exact) mass is 181 g/mol. The SMILES string of the molecule is C[C@H](O)CNC(=O)c1cncnc1. The van der Waals surface area contributed by atoms with Crippen molar-refractivity contribution in [2.45, 2.75) is 13.0 Å². The summed E-state index contributed by atoms with van der Waals surface area (Å²) in [6.07, 6.45) is 3.65. The van der Waals surface area contributed by atoms with Gasteiger partial charge in [0.2, 0.25) is 0 Å². The van der Waals surface area contributed by atoms with Gasteiger partial charge in [0.1, 0.15) is 6.33 Å². The number of nitrogens with one attached hydrogen (secondary N) is 1. The molecule has 0 saturated heterocycles. The van der Waals surface area contributed by atoms with Crippen LogP contribution in [0.3, 0.4) is 0 Å². The van der Waals surface area contributed by atoms with Crippen molar-refractivity contribution in [2.75, 3.05) is 6.54 Å². The van der Waals surface area contributed by atoms with Crippen molar-refractivity contribution < 1.29 is 9.90 Å². The molecular formula is C8H11N3O2. The van der Waals surface area contributed by atoms with E-state index in [0.717, 1.165) is 0 Å². The van der Waals surface area contributed by atoms with Crippen LogP contribution in [0.15, 0.2) is 18.7 Å². The third-order valence-corrected chi connectivity index (χ3v) is 1.38. The first-order chi connectivity index (χ1) is 6.20. The van der Waals surface area contributed by atoms with Crippen LogP contribution in [0, 0.1) is 0 Å². The van der Waals surface area contributed by atoms with E-state index in [0.29, 0.717) is 5.56 Å². The van der Waals surface area contributed by atoms with Crippen LogP contribution in [0.1, 0.15) is 17.3 Å². The number of nitrogens with zero attached hydrogens (tertiary/aromatic N) is 2. The van der Waals surface area contributed by atoms with E-state index in [1.807, 2.05) is 0 Å². The van der Waals surface area contributed by atoms with Crippen molar-refractivity contribution in [1.29, 1.82) is 0 Å². The molecule has 13 heavy (non-hydrogen) atoms. The highest BCUT2D eigenvalue weighted by atomic mass is 16.3. The molecule has 1 amide bonds. The van der Waals surface area contributed by atoms with E-state index >= 15 is 0 Å². The van der Waals surface area contributed by atoms with Crippen molar-refractivity contribution in [3.63, 3.8) is 0 Å². The van der Waals surface area contributed by atoms with Gasteiger partial charge >= 0.3 is 0 Å². The highest BCUT2D eigenvalue weighted by Crippen LogP contribution is 1.91. The Bertz CT molecular complexity index is 274. The van der Waals surface area contributed by atoms with Crippen LogP contribution in [0.2, 0.25) is 0 Å². The first-order valence-corrected chi connectivity index (χ1v) is 3.91. The zero-order valence-corrected chi connectivity index (χ0v) is 7.27. The largest absolute Gasteiger partial charge is 0.392 e. The minimum absolute atomic E-state index is 0.230. The summed E-state index contributed by atoms with van der Waals surface area (Å²) < 4.78 is 0. The van der Waals surface area contributed by atoms with E-state index in [9.17, 15) is 4.79 Å². The van der Waals surface area contributed by atoms with Gasteiger partial charge in [0.25, 0.3) is 5.91 Å². The molecule has 0 aliphatic rings. The number of hydrogen-bond donors (Lipinski definition) is 2. The number of aliphatic hydroxyl groups is 1. The van der Waals surface area contributed by atoms with Gasteiger partial charge in [-0.15, -0.1) is 0 Å². The van der Waals surface area contributed by atoms with E-state index in [1.165, 1.54) is 18.7 Å². The molecule has 1 aromatic rings. The van der Waals surface area contributed by atoms with Gasteiger partial charge in [-0.25, -0.2) is 9.97 Å². The maximum atomic E-state index is 11.2. The second-order valence-corrected chi connectivity index (χ2v) is 2.69. The lowest BCUT2D eigenvalue weighted by Gasteiger charge is -2.05. The second-order valence-electron chi connectivity index (χ2n) is 2.69. The Labute approximate surface area is 75.8 Å². The highest BCUT2D eigenvalue weighted by molar-refractivity contribution is 5.93. The maximum Gasteiger partial charge on any atom is 0.254 e. The number of amides is 1. The number of aliphatic hydroxyl groups excluding tert-OH is 1. The molecule has 0 bridgehead atoms. The smallest absolute Gasteiger partial charge is 0.254 e. The molecule has 70 valence electrons. The molecular weight excluding hydrogens is 170 g/mol. The summed E-state index contributed by atoms with van der Waals surface area (Å²) in [6.45, 7) is 1.83. The van der Waals surface area contributed by atoms with Gasteiger partial charge in [0.15, 0.2) is 0 Å². The summed E-state index contributed by atoms with van der Waals surface area (Å²) in [6, 6.07) is 0. The molecule has 5 nitrogen and oxygen atoms in total. The van der Waals surface area contributed by atoms with Crippen molar-refractivity contribution in [1.82, 2.24) is 15.3 Å². The van der Waals surface area contributed by atoms with Crippen molar-refractivity contribution >= 4 is 5.91 Å². The number of rotatable bonds is 3. The van der Waals surface area contributed by atoms with Crippen molar-refractivity contribution in [2.24, 2.45) is 0 Å². The fourth-order valence-electron chi connectivity index (χ4n) is 0.759. The van der Waals surface area contributed by atoms with Crippen molar-refractivity contribution in [3.8, 4) is 0 Å². The lowest BCUT2D eigenvalue weighted by Crippen LogP contribution is -2.30. The van der Waals surface area contributed by atoms with Crippen LogP contribution < -0.4 is 5.32 Å². The van der Waals surface area contributed by atoms with E-state index in [2.05, 4.69) is 15.3 Å². The Morgan fingerprint density at radius 3 is 2.77 bits per heavy atom. The average molecular weight is 181 g/mol. The molecule has 0 fully saturated rings. The summed E-state index contributed by atoms with van der Waals surface area (Å²) in [7, 11) is 0. The molecule has 0 aliphatic carbocycles. The maximum absolute atomic E-state index is 11.2.